The van der Waals surface area contributed by atoms with E-state index in [1.807, 2.05) is 18.2 Å². The number of allylic oxidation sites excluding steroid dienone is 1. The molecule has 1 aromatic carbocycles. The molecular formula is C14H16N2O5. The normalized spacial score (nSPS) is 11.2. The number of esters is 1. The molecule has 7 heteroatoms. The molecule has 7 nitrogen and oxygen atoms in total. The standard InChI is InChI=1S/C14H16N2O5/c1-11(15-16-14(18)19-2)10-13(17)21-9-8-20-12-6-4-3-5-7-12/h3-7,10H,8-9H2,1-2H3/b11-10-,16-15?. The van der Waals surface area contributed by atoms with Gasteiger partial charge in [-0.15, -0.1) is 5.11 Å². The fraction of sp³-hybridized carbons (Fsp3) is 0.286. The summed E-state index contributed by atoms with van der Waals surface area (Å²) in [5, 5.41) is 6.69. The average Bonchev–Trinajstić information content (AvgIpc) is 2.50. The van der Waals surface area contributed by atoms with Gasteiger partial charge < -0.3 is 14.2 Å². The van der Waals surface area contributed by atoms with Gasteiger partial charge in [0.1, 0.15) is 19.0 Å². The van der Waals surface area contributed by atoms with Crippen LogP contribution in [0.25, 0.3) is 0 Å². The van der Waals surface area contributed by atoms with E-state index >= 15 is 0 Å². The van der Waals surface area contributed by atoms with E-state index in [2.05, 4.69) is 15.0 Å². The van der Waals surface area contributed by atoms with Crippen molar-refractivity contribution in [3.05, 3.63) is 42.1 Å². The molecule has 0 saturated heterocycles. The van der Waals surface area contributed by atoms with Crippen LogP contribution < -0.4 is 4.74 Å². The molecule has 0 aromatic heterocycles. The van der Waals surface area contributed by atoms with Gasteiger partial charge in [-0.2, -0.15) is 0 Å². The quantitative estimate of drug-likeness (QED) is 0.348. The summed E-state index contributed by atoms with van der Waals surface area (Å²) in [7, 11) is 1.18. The molecule has 0 aliphatic carbocycles. The molecule has 0 fully saturated rings. The first-order chi connectivity index (χ1) is 10.1. The highest BCUT2D eigenvalue weighted by molar-refractivity contribution is 5.82. The topological polar surface area (TPSA) is 86.6 Å². The van der Waals surface area contributed by atoms with Crippen LogP contribution in [0.15, 0.2) is 52.3 Å². The Morgan fingerprint density at radius 2 is 1.86 bits per heavy atom. The monoisotopic (exact) mass is 292 g/mol. The molecule has 0 aliphatic heterocycles. The van der Waals surface area contributed by atoms with Gasteiger partial charge in [-0.05, 0) is 19.1 Å². The number of benzene rings is 1. The van der Waals surface area contributed by atoms with E-state index in [1.165, 1.54) is 14.0 Å². The number of hydrogen-bond donors (Lipinski definition) is 0. The summed E-state index contributed by atoms with van der Waals surface area (Å²) in [5.41, 5.74) is 0.231. The number of carbonyl (C=O) groups is 2. The summed E-state index contributed by atoms with van der Waals surface area (Å²) in [5.74, 6) is 0.111. The van der Waals surface area contributed by atoms with Crippen LogP contribution in [0.1, 0.15) is 6.92 Å². The van der Waals surface area contributed by atoms with Crippen molar-refractivity contribution in [2.75, 3.05) is 20.3 Å². The molecular weight excluding hydrogens is 276 g/mol. The second kappa shape index (κ2) is 9.24. The number of azo groups is 1. The van der Waals surface area contributed by atoms with Crippen molar-refractivity contribution < 1.29 is 23.8 Å². The first-order valence-electron chi connectivity index (χ1n) is 6.14. The predicted octanol–water partition coefficient (Wildman–Crippen LogP) is 2.73. The summed E-state index contributed by atoms with van der Waals surface area (Å²) in [4.78, 5) is 22.1. The summed E-state index contributed by atoms with van der Waals surface area (Å²) < 4.78 is 14.5. The van der Waals surface area contributed by atoms with Crippen molar-refractivity contribution in [1.29, 1.82) is 0 Å². The molecule has 0 unspecified atom stereocenters. The Kier molecular flexibility index (Phi) is 7.20. The molecule has 0 heterocycles. The second-order valence-electron chi connectivity index (χ2n) is 3.78. The van der Waals surface area contributed by atoms with Crippen molar-refractivity contribution in [3.63, 3.8) is 0 Å². The Labute approximate surface area is 122 Å². The number of para-hydroxylation sites is 1. The van der Waals surface area contributed by atoms with Gasteiger partial charge in [0.15, 0.2) is 0 Å². The number of amides is 1. The lowest BCUT2D eigenvalue weighted by Crippen LogP contribution is -2.10. The summed E-state index contributed by atoms with van der Waals surface area (Å²) >= 11 is 0. The van der Waals surface area contributed by atoms with Crippen LogP contribution in [0, 0.1) is 0 Å². The lowest BCUT2D eigenvalue weighted by atomic mass is 10.3. The van der Waals surface area contributed by atoms with Crippen LogP contribution in [-0.2, 0) is 14.3 Å². The first-order valence-corrected chi connectivity index (χ1v) is 6.14. The van der Waals surface area contributed by atoms with E-state index in [0.29, 0.717) is 5.75 Å². The third kappa shape index (κ3) is 7.46. The van der Waals surface area contributed by atoms with Gasteiger partial charge in [0.2, 0.25) is 0 Å². The smallest absolute Gasteiger partial charge is 0.452 e. The number of nitrogens with zero attached hydrogens (tertiary/aromatic N) is 2. The van der Waals surface area contributed by atoms with E-state index in [1.54, 1.807) is 12.1 Å². The molecule has 1 aromatic rings. The summed E-state index contributed by atoms with van der Waals surface area (Å²) in [6.07, 6.45) is 0.280. The van der Waals surface area contributed by atoms with Crippen molar-refractivity contribution >= 4 is 12.1 Å². The van der Waals surface area contributed by atoms with E-state index in [9.17, 15) is 9.59 Å². The third-order valence-electron chi connectivity index (χ3n) is 2.13. The molecule has 0 atom stereocenters. The van der Waals surface area contributed by atoms with Crippen molar-refractivity contribution in [2.24, 2.45) is 10.2 Å². The zero-order valence-corrected chi connectivity index (χ0v) is 11.8. The van der Waals surface area contributed by atoms with Gasteiger partial charge in [0, 0.05) is 6.08 Å². The van der Waals surface area contributed by atoms with E-state index < -0.39 is 12.1 Å². The number of hydrogen-bond acceptors (Lipinski definition) is 6. The summed E-state index contributed by atoms with van der Waals surface area (Å²) in [6.45, 7) is 1.85. The van der Waals surface area contributed by atoms with Gasteiger partial charge in [0.25, 0.3) is 0 Å². The SMILES string of the molecule is COC(=O)N=N/C(C)=C\C(=O)OCCOc1ccccc1. The van der Waals surface area contributed by atoms with Crippen LogP contribution in [0.2, 0.25) is 0 Å². The van der Waals surface area contributed by atoms with Crippen LogP contribution in [0.4, 0.5) is 4.79 Å². The van der Waals surface area contributed by atoms with Crippen LogP contribution in [-0.4, -0.2) is 32.4 Å². The minimum Gasteiger partial charge on any atom is -0.490 e. The van der Waals surface area contributed by atoms with Gasteiger partial charge in [-0.3, -0.25) is 0 Å². The Morgan fingerprint density at radius 1 is 1.14 bits per heavy atom. The molecule has 1 amide bonds. The zero-order chi connectivity index (χ0) is 15.5. The number of rotatable bonds is 6. The largest absolute Gasteiger partial charge is 0.490 e. The fourth-order valence-corrected chi connectivity index (χ4v) is 1.22. The number of carbonyl (C=O) groups excluding carboxylic acids is 2. The average molecular weight is 292 g/mol. The van der Waals surface area contributed by atoms with Crippen LogP contribution in [0.5, 0.6) is 5.75 Å². The van der Waals surface area contributed by atoms with E-state index in [-0.39, 0.29) is 18.9 Å². The summed E-state index contributed by atoms with van der Waals surface area (Å²) in [6, 6.07) is 9.18. The van der Waals surface area contributed by atoms with E-state index in [0.717, 1.165) is 6.08 Å². The van der Waals surface area contributed by atoms with Gasteiger partial charge in [-0.1, -0.05) is 23.3 Å². The maximum atomic E-state index is 11.4. The lowest BCUT2D eigenvalue weighted by Gasteiger charge is -2.05. The van der Waals surface area contributed by atoms with Gasteiger partial charge >= 0.3 is 12.1 Å². The third-order valence-corrected chi connectivity index (χ3v) is 2.13. The van der Waals surface area contributed by atoms with Crippen molar-refractivity contribution in [1.82, 2.24) is 0 Å². The molecule has 0 radical (unpaired) electrons. The second-order valence-corrected chi connectivity index (χ2v) is 3.78. The molecule has 0 saturated carbocycles. The highest BCUT2D eigenvalue weighted by atomic mass is 16.6. The Balaban J connectivity index is 2.27. The predicted molar refractivity (Wildman–Crippen MR) is 73.9 cm³/mol. The van der Waals surface area contributed by atoms with E-state index in [4.69, 9.17) is 9.47 Å². The van der Waals surface area contributed by atoms with Crippen LogP contribution >= 0.6 is 0 Å². The molecule has 0 spiro atoms. The molecule has 21 heavy (non-hydrogen) atoms. The highest BCUT2D eigenvalue weighted by Crippen LogP contribution is 2.07. The van der Waals surface area contributed by atoms with Gasteiger partial charge in [-0.25, -0.2) is 9.59 Å². The molecule has 1 rings (SSSR count). The molecule has 0 bridgehead atoms. The Hall–Kier alpha value is -2.70. The minimum atomic E-state index is -0.840. The lowest BCUT2D eigenvalue weighted by molar-refractivity contribution is -0.138. The van der Waals surface area contributed by atoms with Crippen LogP contribution in [0.3, 0.4) is 0 Å². The van der Waals surface area contributed by atoms with Crippen molar-refractivity contribution in [2.45, 2.75) is 6.92 Å². The molecule has 0 aliphatic rings. The Bertz CT molecular complexity index is 525. The fourth-order valence-electron chi connectivity index (χ4n) is 1.22. The minimum absolute atomic E-state index is 0.103. The Morgan fingerprint density at radius 3 is 2.52 bits per heavy atom. The number of methoxy groups -OCH3 is 1. The zero-order valence-electron chi connectivity index (χ0n) is 11.8. The molecule has 112 valence electrons. The maximum Gasteiger partial charge on any atom is 0.452 e. The van der Waals surface area contributed by atoms with Gasteiger partial charge in [0.05, 0.1) is 12.8 Å². The maximum absolute atomic E-state index is 11.4. The van der Waals surface area contributed by atoms with Crippen molar-refractivity contribution in [3.8, 4) is 5.75 Å². The highest BCUT2D eigenvalue weighted by Gasteiger charge is 2.01. The number of ether oxygens (including phenoxy) is 3. The molecule has 0 N–H and O–H groups in total. The first kappa shape index (κ1) is 16.4.